The lowest BCUT2D eigenvalue weighted by Crippen LogP contribution is -2.44. The molecule has 1 aliphatic rings. The van der Waals surface area contributed by atoms with Crippen LogP contribution in [0.5, 0.6) is 0 Å². The van der Waals surface area contributed by atoms with Crippen LogP contribution in [0, 0.1) is 11.3 Å². The molecule has 1 fully saturated rings. The maximum Gasteiger partial charge on any atom is 0.246 e. The number of sulfonamides is 1. The molecular weight excluding hydrogens is 306 g/mol. The lowest BCUT2D eigenvalue weighted by molar-refractivity contribution is 0.392. The Labute approximate surface area is 108 Å². The number of rotatable bonds is 2. The summed E-state index contributed by atoms with van der Waals surface area (Å²) < 4.78 is 25.6. The Morgan fingerprint density at radius 1 is 1.53 bits per heavy atom. The van der Waals surface area contributed by atoms with Gasteiger partial charge in [0.25, 0.3) is 0 Å². The Morgan fingerprint density at radius 2 is 2.24 bits per heavy atom. The van der Waals surface area contributed by atoms with Gasteiger partial charge in [0.15, 0.2) is 0 Å². The quantitative estimate of drug-likeness (QED) is 0.823. The molecule has 5 nitrogen and oxygen atoms in total. The molecule has 1 aromatic rings. The van der Waals surface area contributed by atoms with Crippen molar-refractivity contribution in [2.24, 2.45) is 0 Å². The van der Waals surface area contributed by atoms with Crippen molar-refractivity contribution in [1.82, 2.24) is 9.29 Å². The van der Waals surface area contributed by atoms with Gasteiger partial charge in [-0.15, -0.1) is 0 Å². The first-order valence-electron chi connectivity index (χ1n) is 4.72. The highest BCUT2D eigenvalue weighted by molar-refractivity contribution is 9.11. The second kappa shape index (κ2) is 4.56. The SMILES string of the molecule is N#Cc1ccncc1S(=O)(=O)N1CC(=CBr)C1. The summed E-state index contributed by atoms with van der Waals surface area (Å²) in [5.41, 5.74) is 1.12. The van der Waals surface area contributed by atoms with E-state index in [1.807, 2.05) is 6.07 Å². The van der Waals surface area contributed by atoms with Crippen LogP contribution in [0.1, 0.15) is 5.56 Å². The topological polar surface area (TPSA) is 74.1 Å². The largest absolute Gasteiger partial charge is 0.263 e. The summed E-state index contributed by atoms with van der Waals surface area (Å²) in [6.45, 7) is 0.709. The summed E-state index contributed by atoms with van der Waals surface area (Å²) in [5, 5.41) is 8.87. The van der Waals surface area contributed by atoms with Crippen molar-refractivity contribution in [1.29, 1.82) is 5.26 Å². The average Bonchev–Trinajstić information content (AvgIpc) is 2.27. The fourth-order valence-corrected chi connectivity index (χ4v) is 3.29. The molecule has 1 aromatic heterocycles. The van der Waals surface area contributed by atoms with Crippen molar-refractivity contribution < 1.29 is 8.42 Å². The van der Waals surface area contributed by atoms with Crippen molar-refractivity contribution in [2.45, 2.75) is 4.90 Å². The fraction of sp³-hybridized carbons (Fsp3) is 0.200. The van der Waals surface area contributed by atoms with Gasteiger partial charge < -0.3 is 0 Å². The zero-order valence-electron chi connectivity index (χ0n) is 8.67. The summed E-state index contributed by atoms with van der Waals surface area (Å²) >= 11 is 3.16. The number of nitrogens with zero attached hydrogens (tertiary/aromatic N) is 3. The number of aromatic nitrogens is 1. The molecule has 0 spiro atoms. The Hall–Kier alpha value is -1.23. The Bertz CT molecular complexity index is 611. The van der Waals surface area contributed by atoms with Crippen molar-refractivity contribution in [2.75, 3.05) is 13.1 Å². The van der Waals surface area contributed by atoms with E-state index in [1.54, 1.807) is 4.99 Å². The molecule has 7 heteroatoms. The van der Waals surface area contributed by atoms with Crippen LogP contribution < -0.4 is 0 Å². The van der Waals surface area contributed by atoms with Crippen LogP contribution in [0.15, 0.2) is 33.9 Å². The molecule has 1 saturated heterocycles. The van der Waals surface area contributed by atoms with Gasteiger partial charge in [0.1, 0.15) is 11.0 Å². The van der Waals surface area contributed by atoms with E-state index in [4.69, 9.17) is 5.26 Å². The molecule has 0 N–H and O–H groups in total. The van der Waals surface area contributed by atoms with Gasteiger partial charge in [-0.2, -0.15) is 9.57 Å². The number of pyridine rings is 1. The van der Waals surface area contributed by atoms with Crippen LogP contribution in [0.25, 0.3) is 0 Å². The minimum Gasteiger partial charge on any atom is -0.263 e. The summed E-state index contributed by atoms with van der Waals surface area (Å²) in [7, 11) is -3.60. The van der Waals surface area contributed by atoms with Gasteiger partial charge >= 0.3 is 0 Å². The highest BCUT2D eigenvalue weighted by atomic mass is 79.9. The van der Waals surface area contributed by atoms with Gasteiger partial charge in [-0.3, -0.25) is 4.98 Å². The van der Waals surface area contributed by atoms with Crippen LogP contribution in [0.4, 0.5) is 0 Å². The fourth-order valence-electron chi connectivity index (χ4n) is 1.46. The third-order valence-corrected chi connectivity index (χ3v) is 4.90. The minimum atomic E-state index is -3.60. The summed E-state index contributed by atoms with van der Waals surface area (Å²) in [6, 6.07) is 3.26. The number of hydrogen-bond acceptors (Lipinski definition) is 4. The molecule has 2 heterocycles. The van der Waals surface area contributed by atoms with E-state index in [0.717, 1.165) is 5.57 Å². The standard InChI is InChI=1S/C10H8BrN3O2S/c11-3-8-6-14(7-8)17(15,16)10-5-13-2-1-9(10)4-12/h1-3,5H,6-7H2. The molecule has 1 aliphatic heterocycles. The highest BCUT2D eigenvalue weighted by Crippen LogP contribution is 2.26. The third kappa shape index (κ3) is 2.11. The molecule has 0 atom stereocenters. The van der Waals surface area contributed by atoms with Crippen LogP contribution in [0.2, 0.25) is 0 Å². The third-order valence-electron chi connectivity index (χ3n) is 2.44. The number of halogens is 1. The van der Waals surface area contributed by atoms with E-state index in [9.17, 15) is 8.42 Å². The predicted molar refractivity (Wildman–Crippen MR) is 64.7 cm³/mol. The molecule has 17 heavy (non-hydrogen) atoms. The van der Waals surface area contributed by atoms with Gasteiger partial charge in [-0.05, 0) is 16.6 Å². The van der Waals surface area contributed by atoms with E-state index in [2.05, 4.69) is 20.9 Å². The van der Waals surface area contributed by atoms with E-state index in [1.165, 1.54) is 22.8 Å². The molecule has 0 unspecified atom stereocenters. The first-order chi connectivity index (χ1) is 8.09. The summed E-state index contributed by atoms with van der Waals surface area (Å²) in [5.74, 6) is 0. The smallest absolute Gasteiger partial charge is 0.246 e. The van der Waals surface area contributed by atoms with Crippen LogP contribution in [-0.2, 0) is 10.0 Å². The van der Waals surface area contributed by atoms with Crippen molar-refractivity contribution in [3.63, 3.8) is 0 Å². The van der Waals surface area contributed by atoms with Crippen molar-refractivity contribution in [3.05, 3.63) is 34.6 Å². The Balaban J connectivity index is 2.37. The second-order valence-corrected chi connectivity index (χ2v) is 5.89. The molecule has 88 valence electrons. The molecule has 0 saturated carbocycles. The highest BCUT2D eigenvalue weighted by Gasteiger charge is 2.34. The zero-order chi connectivity index (χ0) is 12.5. The maximum absolute atomic E-state index is 12.1. The van der Waals surface area contributed by atoms with Gasteiger partial charge in [0, 0.05) is 25.5 Å². The normalized spacial score (nSPS) is 16.1. The molecule has 2 rings (SSSR count). The van der Waals surface area contributed by atoms with Gasteiger partial charge in [-0.1, -0.05) is 15.9 Å². The van der Waals surface area contributed by atoms with E-state index in [0.29, 0.717) is 13.1 Å². The van der Waals surface area contributed by atoms with Gasteiger partial charge in [0.2, 0.25) is 10.0 Å². The molecule has 0 bridgehead atoms. The van der Waals surface area contributed by atoms with Crippen molar-refractivity contribution >= 4 is 26.0 Å². The monoisotopic (exact) mass is 313 g/mol. The lowest BCUT2D eigenvalue weighted by atomic mass is 10.2. The first-order valence-corrected chi connectivity index (χ1v) is 7.07. The van der Waals surface area contributed by atoms with E-state index < -0.39 is 10.0 Å². The molecule has 0 radical (unpaired) electrons. The van der Waals surface area contributed by atoms with E-state index >= 15 is 0 Å². The summed E-state index contributed by atoms with van der Waals surface area (Å²) in [6.07, 6.45) is 2.61. The van der Waals surface area contributed by atoms with Crippen LogP contribution >= 0.6 is 15.9 Å². The van der Waals surface area contributed by atoms with Gasteiger partial charge in [-0.25, -0.2) is 8.42 Å². The molecule has 0 aliphatic carbocycles. The maximum atomic E-state index is 12.1. The summed E-state index contributed by atoms with van der Waals surface area (Å²) in [4.78, 5) is 5.44. The number of nitriles is 1. The van der Waals surface area contributed by atoms with Crippen molar-refractivity contribution in [3.8, 4) is 6.07 Å². The number of hydrogen-bond donors (Lipinski definition) is 0. The minimum absolute atomic E-state index is 0.0314. The second-order valence-electron chi connectivity index (χ2n) is 3.52. The predicted octanol–water partition coefficient (Wildman–Crippen LogP) is 1.24. The lowest BCUT2D eigenvalue weighted by Gasteiger charge is -2.32. The Kier molecular flexibility index (Phi) is 3.28. The molecule has 0 aromatic carbocycles. The zero-order valence-corrected chi connectivity index (χ0v) is 11.1. The molecule has 0 amide bonds. The Morgan fingerprint density at radius 3 is 2.82 bits per heavy atom. The molecular formula is C10H8BrN3O2S. The first kappa shape index (κ1) is 12.2. The average molecular weight is 314 g/mol. The van der Waals surface area contributed by atoms with E-state index in [-0.39, 0.29) is 10.5 Å². The van der Waals surface area contributed by atoms with Crippen LogP contribution in [0.3, 0.4) is 0 Å². The van der Waals surface area contributed by atoms with Gasteiger partial charge in [0.05, 0.1) is 5.56 Å². The van der Waals surface area contributed by atoms with Crippen LogP contribution in [-0.4, -0.2) is 30.8 Å².